The minimum atomic E-state index is -0.472. The Morgan fingerprint density at radius 3 is 2.83 bits per heavy atom. The van der Waals surface area contributed by atoms with E-state index in [9.17, 15) is 14.9 Å². The van der Waals surface area contributed by atoms with Gasteiger partial charge in [-0.05, 0) is 19.4 Å². The summed E-state index contributed by atoms with van der Waals surface area (Å²) in [5, 5.41) is 10.8. The molecule has 1 atom stereocenters. The summed E-state index contributed by atoms with van der Waals surface area (Å²) in [6, 6.07) is 4.55. The van der Waals surface area contributed by atoms with E-state index in [1.807, 2.05) is 0 Å². The maximum Gasteiger partial charge on any atom is 0.273 e. The number of hydrogen-bond acceptors (Lipinski definition) is 3. The molecule has 0 aliphatic carbocycles. The maximum atomic E-state index is 12.2. The Balaban J connectivity index is 2.31. The van der Waals surface area contributed by atoms with Crippen LogP contribution in [0.5, 0.6) is 0 Å². The van der Waals surface area contributed by atoms with Crippen LogP contribution in [0, 0.1) is 17.0 Å². The second-order valence-corrected chi connectivity index (χ2v) is 4.96. The van der Waals surface area contributed by atoms with Gasteiger partial charge in [0.1, 0.15) is 0 Å². The SMILES string of the molecule is Cc1c(C(=O)N2CCC(Cl)C2)cccc1[N+](=O)[O-]. The molecule has 1 unspecified atom stereocenters. The van der Waals surface area contributed by atoms with Crippen molar-refractivity contribution >= 4 is 23.2 Å². The summed E-state index contributed by atoms with van der Waals surface area (Å²) >= 11 is 5.96. The van der Waals surface area contributed by atoms with Crippen molar-refractivity contribution in [2.45, 2.75) is 18.7 Å². The standard InChI is InChI=1S/C12H13ClN2O3/c1-8-10(3-2-4-11(8)15(17)18)12(16)14-6-5-9(13)7-14/h2-4,9H,5-7H2,1H3. The molecule has 1 amide bonds. The summed E-state index contributed by atoms with van der Waals surface area (Å²) in [5.74, 6) is -0.181. The fourth-order valence-corrected chi connectivity index (χ4v) is 2.39. The van der Waals surface area contributed by atoms with Crippen molar-refractivity contribution in [1.82, 2.24) is 4.90 Å². The summed E-state index contributed by atoms with van der Waals surface area (Å²) in [5.41, 5.74) is 0.767. The van der Waals surface area contributed by atoms with Crippen molar-refractivity contribution in [3.63, 3.8) is 0 Å². The van der Waals surface area contributed by atoms with Crippen LogP contribution in [-0.4, -0.2) is 34.2 Å². The molecule has 2 rings (SSSR count). The summed E-state index contributed by atoms with van der Waals surface area (Å²) in [4.78, 5) is 24.2. The Kier molecular flexibility index (Phi) is 3.52. The van der Waals surface area contributed by atoms with E-state index in [-0.39, 0.29) is 17.0 Å². The van der Waals surface area contributed by atoms with E-state index >= 15 is 0 Å². The molecule has 18 heavy (non-hydrogen) atoms. The van der Waals surface area contributed by atoms with Crippen LogP contribution in [0.1, 0.15) is 22.3 Å². The van der Waals surface area contributed by atoms with Crippen LogP contribution in [0.4, 0.5) is 5.69 Å². The molecule has 0 spiro atoms. The first-order chi connectivity index (χ1) is 8.50. The zero-order valence-electron chi connectivity index (χ0n) is 9.93. The van der Waals surface area contributed by atoms with Crippen molar-refractivity contribution in [1.29, 1.82) is 0 Å². The third kappa shape index (κ3) is 2.31. The molecule has 0 radical (unpaired) electrons. The summed E-state index contributed by atoms with van der Waals surface area (Å²) in [6.45, 7) is 2.71. The highest BCUT2D eigenvalue weighted by Gasteiger charge is 2.27. The smallest absolute Gasteiger partial charge is 0.273 e. The molecular weight excluding hydrogens is 256 g/mol. The van der Waals surface area contributed by atoms with Crippen LogP contribution in [0.25, 0.3) is 0 Å². The van der Waals surface area contributed by atoms with Crippen molar-refractivity contribution in [2.75, 3.05) is 13.1 Å². The van der Waals surface area contributed by atoms with Gasteiger partial charge in [0, 0.05) is 30.3 Å². The molecule has 0 N–H and O–H groups in total. The maximum absolute atomic E-state index is 12.2. The van der Waals surface area contributed by atoms with Crippen molar-refractivity contribution in [3.05, 3.63) is 39.4 Å². The second kappa shape index (κ2) is 4.94. The molecule has 6 heteroatoms. The van der Waals surface area contributed by atoms with Crippen LogP contribution in [0.2, 0.25) is 0 Å². The first-order valence-electron chi connectivity index (χ1n) is 5.68. The van der Waals surface area contributed by atoms with Gasteiger partial charge in [0.25, 0.3) is 11.6 Å². The highest BCUT2D eigenvalue weighted by Crippen LogP contribution is 2.24. The Labute approximate surface area is 109 Å². The van der Waals surface area contributed by atoms with E-state index in [1.54, 1.807) is 17.9 Å². The monoisotopic (exact) mass is 268 g/mol. The number of halogens is 1. The van der Waals surface area contributed by atoms with Crippen LogP contribution in [-0.2, 0) is 0 Å². The molecular formula is C12H13ClN2O3. The molecule has 1 heterocycles. The molecule has 1 aromatic rings. The minimum absolute atomic E-state index is 0.0204. The lowest BCUT2D eigenvalue weighted by atomic mass is 10.1. The fraction of sp³-hybridized carbons (Fsp3) is 0.417. The predicted molar refractivity (Wildman–Crippen MR) is 68.0 cm³/mol. The number of likely N-dealkylation sites (tertiary alicyclic amines) is 1. The average Bonchev–Trinajstić information content (AvgIpc) is 2.75. The van der Waals surface area contributed by atoms with Gasteiger partial charge in [0.05, 0.1) is 10.3 Å². The quantitative estimate of drug-likeness (QED) is 0.470. The van der Waals surface area contributed by atoms with E-state index in [1.165, 1.54) is 12.1 Å². The van der Waals surface area contributed by atoms with E-state index in [0.29, 0.717) is 24.2 Å². The highest BCUT2D eigenvalue weighted by molar-refractivity contribution is 6.21. The first-order valence-corrected chi connectivity index (χ1v) is 6.11. The van der Waals surface area contributed by atoms with Gasteiger partial charge in [0.2, 0.25) is 0 Å². The molecule has 5 nitrogen and oxygen atoms in total. The number of nitro benzene ring substituents is 1. The molecule has 0 saturated carbocycles. The van der Waals surface area contributed by atoms with Crippen molar-refractivity contribution < 1.29 is 9.72 Å². The zero-order chi connectivity index (χ0) is 13.3. The molecule has 1 saturated heterocycles. The summed E-state index contributed by atoms with van der Waals surface area (Å²) in [6.07, 6.45) is 0.765. The van der Waals surface area contributed by atoms with Gasteiger partial charge in [-0.1, -0.05) is 6.07 Å². The largest absolute Gasteiger partial charge is 0.337 e. The van der Waals surface area contributed by atoms with E-state index in [4.69, 9.17) is 11.6 Å². The Hall–Kier alpha value is -1.62. The molecule has 96 valence electrons. The first kappa shape index (κ1) is 12.8. The number of nitro groups is 1. The lowest BCUT2D eigenvalue weighted by Crippen LogP contribution is -2.29. The van der Waals surface area contributed by atoms with Gasteiger partial charge in [0.15, 0.2) is 0 Å². The second-order valence-electron chi connectivity index (χ2n) is 4.34. The van der Waals surface area contributed by atoms with Crippen LogP contribution in [0.3, 0.4) is 0 Å². The molecule has 0 bridgehead atoms. The van der Waals surface area contributed by atoms with E-state index in [2.05, 4.69) is 0 Å². The fourth-order valence-electron chi connectivity index (χ4n) is 2.13. The molecule has 1 aliphatic heterocycles. The summed E-state index contributed by atoms with van der Waals surface area (Å²) < 4.78 is 0. The average molecular weight is 269 g/mol. The molecule has 0 aromatic heterocycles. The zero-order valence-corrected chi connectivity index (χ0v) is 10.7. The van der Waals surface area contributed by atoms with Crippen molar-refractivity contribution in [3.8, 4) is 0 Å². The van der Waals surface area contributed by atoms with Gasteiger partial charge in [-0.3, -0.25) is 14.9 Å². The van der Waals surface area contributed by atoms with Gasteiger partial charge in [-0.15, -0.1) is 11.6 Å². The number of nitrogens with zero attached hydrogens (tertiary/aromatic N) is 2. The Morgan fingerprint density at radius 2 is 2.28 bits per heavy atom. The van der Waals surface area contributed by atoms with Crippen LogP contribution >= 0.6 is 11.6 Å². The van der Waals surface area contributed by atoms with Gasteiger partial charge in [-0.2, -0.15) is 0 Å². The minimum Gasteiger partial charge on any atom is -0.337 e. The molecule has 1 aromatic carbocycles. The van der Waals surface area contributed by atoms with Crippen molar-refractivity contribution in [2.24, 2.45) is 0 Å². The number of benzene rings is 1. The number of amides is 1. The van der Waals surface area contributed by atoms with E-state index < -0.39 is 4.92 Å². The topological polar surface area (TPSA) is 63.5 Å². The molecule has 1 aliphatic rings. The Bertz CT molecular complexity index is 504. The highest BCUT2D eigenvalue weighted by atomic mass is 35.5. The third-order valence-corrected chi connectivity index (χ3v) is 3.51. The van der Waals surface area contributed by atoms with Gasteiger partial charge >= 0.3 is 0 Å². The van der Waals surface area contributed by atoms with Crippen LogP contribution < -0.4 is 0 Å². The lowest BCUT2D eigenvalue weighted by Gasteiger charge is -2.16. The number of carbonyl (C=O) groups is 1. The third-order valence-electron chi connectivity index (χ3n) is 3.15. The predicted octanol–water partition coefficient (Wildman–Crippen LogP) is 2.36. The number of hydrogen-bond donors (Lipinski definition) is 0. The molecule has 1 fully saturated rings. The summed E-state index contributed by atoms with van der Waals surface area (Å²) in [7, 11) is 0. The normalized spacial score (nSPS) is 19.0. The van der Waals surface area contributed by atoms with Crippen LogP contribution in [0.15, 0.2) is 18.2 Å². The number of rotatable bonds is 2. The number of carbonyl (C=O) groups excluding carboxylic acids is 1. The number of alkyl halides is 1. The van der Waals surface area contributed by atoms with E-state index in [0.717, 1.165) is 6.42 Å². The Morgan fingerprint density at radius 1 is 1.56 bits per heavy atom. The lowest BCUT2D eigenvalue weighted by molar-refractivity contribution is -0.385. The van der Waals surface area contributed by atoms with Gasteiger partial charge in [-0.25, -0.2) is 0 Å². The van der Waals surface area contributed by atoms with Gasteiger partial charge < -0.3 is 4.90 Å².